The van der Waals surface area contributed by atoms with Crippen LogP contribution in [0.5, 0.6) is 0 Å². The van der Waals surface area contributed by atoms with Crippen molar-refractivity contribution in [3.05, 3.63) is 0 Å². The molecule has 5 N–H and O–H groups in total. The SMILES string of the molecule is CCCCCCCCCCCCCCCCCCCCCCCCCCCCCCCC[NH2+]CC(O)(O)O.[Cl-]. The molecule has 0 saturated carbocycles. The Labute approximate surface area is 251 Å². The predicted octanol–water partition coefficient (Wildman–Crippen LogP) is 5.91. The first-order valence-electron chi connectivity index (χ1n) is 17.5. The standard InChI is InChI=1S/C34H71NO3.ClH/c1-2-3-4-5-6-7-8-9-10-11-12-13-14-15-16-17-18-19-20-21-22-23-24-25-26-27-28-29-30-31-32-35-33-34(36,37)38;/h35-38H,2-33H2,1H3;1H. The number of rotatable bonds is 33. The van der Waals surface area contributed by atoms with Gasteiger partial charge in [-0.05, 0) is 12.8 Å². The van der Waals surface area contributed by atoms with Crippen LogP contribution in [0.1, 0.15) is 200 Å². The summed E-state index contributed by atoms with van der Waals surface area (Å²) in [5.74, 6) is -2.52. The molecule has 0 heterocycles. The Bertz CT molecular complexity index is 431. The average molecular weight is 578 g/mol. The van der Waals surface area contributed by atoms with E-state index in [9.17, 15) is 0 Å². The zero-order valence-corrected chi connectivity index (χ0v) is 27.2. The highest BCUT2D eigenvalue weighted by molar-refractivity contribution is 4.52. The van der Waals surface area contributed by atoms with Crippen molar-refractivity contribution in [2.24, 2.45) is 0 Å². The van der Waals surface area contributed by atoms with Crippen LogP contribution in [0, 0.1) is 0 Å². The van der Waals surface area contributed by atoms with Gasteiger partial charge in [-0.2, -0.15) is 0 Å². The van der Waals surface area contributed by atoms with Gasteiger partial charge < -0.3 is 33.0 Å². The maximum Gasteiger partial charge on any atom is 0.327 e. The van der Waals surface area contributed by atoms with E-state index in [1.807, 2.05) is 0 Å². The van der Waals surface area contributed by atoms with Gasteiger partial charge in [-0.3, -0.25) is 0 Å². The number of halogens is 1. The van der Waals surface area contributed by atoms with E-state index in [1.54, 1.807) is 5.32 Å². The Kier molecular flexibility index (Phi) is 36.3. The van der Waals surface area contributed by atoms with Crippen molar-refractivity contribution < 1.29 is 33.0 Å². The Hall–Kier alpha value is 0.130. The molecule has 0 aromatic rings. The zero-order valence-electron chi connectivity index (χ0n) is 26.4. The van der Waals surface area contributed by atoms with Crippen LogP contribution in [-0.4, -0.2) is 34.4 Å². The minimum absolute atomic E-state index is 0. The summed E-state index contributed by atoms with van der Waals surface area (Å²) < 4.78 is 0. The molecule has 5 heteroatoms. The number of hydrogen-bond donors (Lipinski definition) is 4. The predicted molar refractivity (Wildman–Crippen MR) is 165 cm³/mol. The number of aliphatic hydroxyl groups is 3. The molecule has 0 atom stereocenters. The molecule has 0 spiro atoms. The minimum atomic E-state index is -2.52. The average Bonchev–Trinajstić information content (AvgIpc) is 2.88. The highest BCUT2D eigenvalue weighted by Crippen LogP contribution is 2.16. The summed E-state index contributed by atoms with van der Waals surface area (Å²) in [5.41, 5.74) is 0. The van der Waals surface area contributed by atoms with Crippen LogP contribution < -0.4 is 17.7 Å². The second kappa shape index (κ2) is 34.3. The van der Waals surface area contributed by atoms with Gasteiger partial charge in [0.05, 0.1) is 6.54 Å². The highest BCUT2D eigenvalue weighted by atomic mass is 35.5. The third kappa shape index (κ3) is 40.3. The molecule has 0 bridgehead atoms. The summed E-state index contributed by atoms with van der Waals surface area (Å²) in [6.45, 7) is 3.09. The van der Waals surface area contributed by atoms with Crippen molar-refractivity contribution in [1.29, 1.82) is 0 Å². The van der Waals surface area contributed by atoms with E-state index in [0.717, 1.165) is 13.0 Å². The lowest BCUT2D eigenvalue weighted by molar-refractivity contribution is -0.688. The largest absolute Gasteiger partial charge is 1.00 e. The molecule has 0 amide bonds. The Balaban J connectivity index is 0. The first-order valence-corrected chi connectivity index (χ1v) is 17.5. The van der Waals surface area contributed by atoms with Gasteiger partial charge in [-0.15, -0.1) is 0 Å². The maximum atomic E-state index is 8.81. The molecule has 4 nitrogen and oxygen atoms in total. The summed E-state index contributed by atoms with van der Waals surface area (Å²) in [6.07, 6.45) is 42.5. The van der Waals surface area contributed by atoms with E-state index in [-0.39, 0.29) is 19.0 Å². The molecule has 238 valence electrons. The molecule has 0 aromatic heterocycles. The van der Waals surface area contributed by atoms with Gasteiger partial charge in [0.2, 0.25) is 0 Å². The smallest absolute Gasteiger partial charge is 0.327 e. The molecule has 0 aromatic carbocycles. The Morgan fingerprint density at radius 1 is 0.359 bits per heavy atom. The number of unbranched alkanes of at least 4 members (excludes halogenated alkanes) is 29. The van der Waals surface area contributed by atoms with Gasteiger partial charge in [-0.1, -0.05) is 187 Å². The summed E-state index contributed by atoms with van der Waals surface area (Å²) in [5, 5.41) is 28.2. The van der Waals surface area contributed by atoms with Crippen LogP contribution in [0.25, 0.3) is 0 Å². The van der Waals surface area contributed by atoms with Crippen molar-refractivity contribution >= 4 is 0 Å². The lowest BCUT2D eigenvalue weighted by atomic mass is 10.0. The van der Waals surface area contributed by atoms with E-state index in [0.29, 0.717) is 0 Å². The maximum absolute atomic E-state index is 8.81. The quantitative estimate of drug-likeness (QED) is 0.0578. The Morgan fingerprint density at radius 2 is 0.564 bits per heavy atom. The molecule has 0 aliphatic heterocycles. The van der Waals surface area contributed by atoms with E-state index < -0.39 is 5.97 Å². The third-order valence-corrected chi connectivity index (χ3v) is 8.18. The molecular formula is C34H72ClNO3. The van der Waals surface area contributed by atoms with Crippen molar-refractivity contribution in [2.75, 3.05) is 13.1 Å². The minimum Gasteiger partial charge on any atom is -1.00 e. The van der Waals surface area contributed by atoms with Crippen molar-refractivity contribution in [1.82, 2.24) is 0 Å². The van der Waals surface area contributed by atoms with Crippen LogP contribution >= 0.6 is 0 Å². The summed E-state index contributed by atoms with van der Waals surface area (Å²) in [4.78, 5) is 0. The van der Waals surface area contributed by atoms with Gasteiger partial charge in [0.15, 0.2) is 6.54 Å². The number of hydrogen-bond acceptors (Lipinski definition) is 3. The normalized spacial score (nSPS) is 11.7. The molecule has 0 aliphatic carbocycles. The fourth-order valence-electron chi connectivity index (χ4n) is 5.61. The molecule has 39 heavy (non-hydrogen) atoms. The van der Waals surface area contributed by atoms with Gasteiger partial charge in [-0.25, -0.2) is 0 Å². The van der Waals surface area contributed by atoms with Crippen molar-refractivity contribution in [3.8, 4) is 0 Å². The molecule has 0 rings (SSSR count). The monoisotopic (exact) mass is 578 g/mol. The molecule has 0 aliphatic rings. The van der Waals surface area contributed by atoms with Gasteiger partial charge in [0, 0.05) is 0 Å². The van der Waals surface area contributed by atoms with E-state index >= 15 is 0 Å². The fraction of sp³-hybridized carbons (Fsp3) is 1.00. The van der Waals surface area contributed by atoms with Crippen LogP contribution in [0.3, 0.4) is 0 Å². The first kappa shape index (κ1) is 41.3. The molecule has 0 radical (unpaired) electrons. The topological polar surface area (TPSA) is 77.3 Å². The summed E-state index contributed by atoms with van der Waals surface area (Å²) in [7, 11) is 0. The number of quaternary nitrogens is 1. The van der Waals surface area contributed by atoms with Crippen LogP contribution in [0.4, 0.5) is 0 Å². The summed E-state index contributed by atoms with van der Waals surface area (Å²) in [6, 6.07) is 0. The van der Waals surface area contributed by atoms with Gasteiger partial charge in [0.1, 0.15) is 0 Å². The second-order valence-electron chi connectivity index (χ2n) is 12.3. The highest BCUT2D eigenvalue weighted by Gasteiger charge is 2.19. The van der Waals surface area contributed by atoms with E-state index in [1.165, 1.54) is 186 Å². The fourth-order valence-corrected chi connectivity index (χ4v) is 5.61. The van der Waals surface area contributed by atoms with Crippen LogP contribution in [-0.2, 0) is 0 Å². The third-order valence-electron chi connectivity index (χ3n) is 8.18. The molecular weight excluding hydrogens is 506 g/mol. The molecule has 0 saturated heterocycles. The van der Waals surface area contributed by atoms with E-state index in [2.05, 4.69) is 6.92 Å². The lowest BCUT2D eigenvalue weighted by Gasteiger charge is -2.11. The van der Waals surface area contributed by atoms with Gasteiger partial charge in [0.25, 0.3) is 0 Å². The van der Waals surface area contributed by atoms with Crippen molar-refractivity contribution in [3.63, 3.8) is 0 Å². The van der Waals surface area contributed by atoms with Gasteiger partial charge >= 0.3 is 5.97 Å². The van der Waals surface area contributed by atoms with Crippen LogP contribution in [0.2, 0.25) is 0 Å². The summed E-state index contributed by atoms with van der Waals surface area (Å²) >= 11 is 0. The first-order chi connectivity index (χ1) is 18.6. The molecule has 0 unspecified atom stereocenters. The lowest BCUT2D eigenvalue weighted by Crippen LogP contribution is -3.00. The van der Waals surface area contributed by atoms with E-state index in [4.69, 9.17) is 15.3 Å². The Morgan fingerprint density at radius 3 is 0.769 bits per heavy atom. The van der Waals surface area contributed by atoms with Crippen LogP contribution in [0.15, 0.2) is 0 Å². The second-order valence-corrected chi connectivity index (χ2v) is 12.3. The molecule has 0 fully saturated rings. The number of nitrogens with two attached hydrogens (primary N) is 1. The zero-order chi connectivity index (χ0) is 27.8. The van der Waals surface area contributed by atoms with Crippen molar-refractivity contribution in [2.45, 2.75) is 206 Å².